The Labute approximate surface area is 97.9 Å². The zero-order valence-electron chi connectivity index (χ0n) is 11.9. The molecule has 1 N–H and O–H groups in total. The van der Waals surface area contributed by atoms with Crippen LogP contribution >= 0.6 is 0 Å². The summed E-state index contributed by atoms with van der Waals surface area (Å²) in [6, 6.07) is 0. The summed E-state index contributed by atoms with van der Waals surface area (Å²) in [7, 11) is 0. The fourth-order valence-electron chi connectivity index (χ4n) is 0. The Morgan fingerprint density at radius 2 is 1.47 bits per heavy atom. The van der Waals surface area contributed by atoms with Crippen LogP contribution in [0, 0.1) is 5.92 Å². The van der Waals surface area contributed by atoms with Crippen LogP contribution in [0.5, 0.6) is 0 Å². The number of aliphatic hydroxyl groups excluding tert-OH is 1. The maximum Gasteiger partial charge on any atom is 0.0453 e. The summed E-state index contributed by atoms with van der Waals surface area (Å²) in [4.78, 5) is 0. The van der Waals surface area contributed by atoms with E-state index < -0.39 is 0 Å². The Morgan fingerprint density at radius 3 is 1.47 bits per heavy atom. The lowest BCUT2D eigenvalue weighted by molar-refractivity contribution is 0.248. The molecule has 0 heterocycles. The highest BCUT2D eigenvalue weighted by Gasteiger charge is 1.81. The van der Waals surface area contributed by atoms with Crippen LogP contribution in [0.2, 0.25) is 0 Å². The first-order valence-corrected chi connectivity index (χ1v) is 5.78. The van der Waals surface area contributed by atoms with Gasteiger partial charge in [0.05, 0.1) is 0 Å². The largest absolute Gasteiger partial charge is 0.396 e. The zero-order chi connectivity index (χ0) is 13.3. The Bertz CT molecular complexity index is 104. The lowest BCUT2D eigenvalue weighted by Gasteiger charge is -1.90. The van der Waals surface area contributed by atoms with E-state index in [1.54, 1.807) is 6.08 Å². The summed E-state index contributed by atoms with van der Waals surface area (Å²) in [6.07, 6.45) is 2.86. The van der Waals surface area contributed by atoms with Crippen molar-refractivity contribution in [3.8, 4) is 0 Å². The van der Waals surface area contributed by atoms with Crippen LogP contribution in [0.3, 0.4) is 0 Å². The fourth-order valence-corrected chi connectivity index (χ4v) is 0. The SMILES string of the molecule is C=C(C)CC.C=CC.CC.CC(C)CO. The van der Waals surface area contributed by atoms with Crippen molar-refractivity contribution < 1.29 is 5.11 Å². The van der Waals surface area contributed by atoms with E-state index in [0.29, 0.717) is 12.5 Å². The Hall–Kier alpha value is -0.560. The summed E-state index contributed by atoms with van der Waals surface area (Å²) in [5, 5.41) is 8.14. The van der Waals surface area contributed by atoms with Crippen molar-refractivity contribution in [3.63, 3.8) is 0 Å². The maximum absolute atomic E-state index is 8.14. The van der Waals surface area contributed by atoms with Gasteiger partial charge in [-0.25, -0.2) is 0 Å². The minimum atomic E-state index is 0.306. The van der Waals surface area contributed by atoms with Gasteiger partial charge in [-0.15, -0.1) is 13.2 Å². The standard InChI is InChI=1S/C5H10.C4H10O.C3H6.C2H6/c1-4-5(2)3;1-4(2)3-5;1-3-2;1-2/h2,4H2,1,3H3;4-5H,3H2,1-2H3;3H,1H2,2H3;1-2H3. The summed E-state index contributed by atoms with van der Waals surface area (Å²) >= 11 is 0. The molecule has 0 saturated heterocycles. The van der Waals surface area contributed by atoms with Gasteiger partial charge >= 0.3 is 0 Å². The molecule has 15 heavy (non-hydrogen) atoms. The van der Waals surface area contributed by atoms with Crippen molar-refractivity contribution in [3.05, 3.63) is 24.8 Å². The van der Waals surface area contributed by atoms with Crippen LogP contribution in [0.15, 0.2) is 24.8 Å². The van der Waals surface area contributed by atoms with Crippen LogP contribution < -0.4 is 0 Å². The van der Waals surface area contributed by atoms with Crippen LogP contribution in [-0.4, -0.2) is 11.7 Å². The molecule has 0 radical (unpaired) electrons. The lowest BCUT2D eigenvalue weighted by Crippen LogP contribution is -1.90. The maximum atomic E-state index is 8.14. The van der Waals surface area contributed by atoms with Gasteiger partial charge in [-0.3, -0.25) is 0 Å². The molecule has 0 rings (SSSR count). The van der Waals surface area contributed by atoms with Gasteiger partial charge < -0.3 is 5.11 Å². The second kappa shape index (κ2) is 29.2. The van der Waals surface area contributed by atoms with E-state index in [1.165, 1.54) is 5.57 Å². The summed E-state index contributed by atoms with van der Waals surface area (Å²) in [5.41, 5.74) is 1.25. The average Bonchev–Trinajstić information content (AvgIpc) is 2.22. The number of allylic oxidation sites excluding steroid dienone is 2. The third-order valence-electron chi connectivity index (χ3n) is 0.969. The highest BCUT2D eigenvalue weighted by atomic mass is 16.3. The minimum absolute atomic E-state index is 0.306. The zero-order valence-corrected chi connectivity index (χ0v) is 11.9. The van der Waals surface area contributed by atoms with Crippen molar-refractivity contribution in [2.45, 2.75) is 54.9 Å². The van der Waals surface area contributed by atoms with Gasteiger partial charge in [0.25, 0.3) is 0 Å². The first-order valence-electron chi connectivity index (χ1n) is 5.78. The summed E-state index contributed by atoms with van der Waals surface area (Å²) in [6.45, 7) is 21.3. The van der Waals surface area contributed by atoms with Crippen LogP contribution in [-0.2, 0) is 0 Å². The fraction of sp³-hybridized carbons (Fsp3) is 0.714. The minimum Gasteiger partial charge on any atom is -0.396 e. The predicted molar refractivity (Wildman–Crippen MR) is 74.2 cm³/mol. The molecule has 0 aromatic carbocycles. The van der Waals surface area contributed by atoms with Gasteiger partial charge in [0.15, 0.2) is 0 Å². The van der Waals surface area contributed by atoms with Gasteiger partial charge in [0, 0.05) is 6.61 Å². The molecular weight excluding hydrogens is 184 g/mol. The molecule has 0 fully saturated rings. The quantitative estimate of drug-likeness (QED) is 0.656. The van der Waals surface area contributed by atoms with Crippen LogP contribution in [0.1, 0.15) is 54.9 Å². The third kappa shape index (κ3) is 149. The predicted octanol–water partition coefficient (Wildman–Crippen LogP) is 4.83. The highest BCUT2D eigenvalue weighted by molar-refractivity contribution is 4.84. The van der Waals surface area contributed by atoms with E-state index in [9.17, 15) is 0 Å². The van der Waals surface area contributed by atoms with Crippen molar-refractivity contribution in [2.24, 2.45) is 5.92 Å². The topological polar surface area (TPSA) is 20.2 Å². The summed E-state index contributed by atoms with van der Waals surface area (Å²) in [5.74, 6) is 0.440. The molecule has 0 aliphatic heterocycles. The van der Waals surface area contributed by atoms with E-state index in [1.807, 2.05) is 41.5 Å². The highest BCUT2D eigenvalue weighted by Crippen LogP contribution is 1.88. The molecule has 0 saturated carbocycles. The number of rotatable bonds is 2. The van der Waals surface area contributed by atoms with E-state index in [2.05, 4.69) is 20.1 Å². The van der Waals surface area contributed by atoms with E-state index >= 15 is 0 Å². The lowest BCUT2D eigenvalue weighted by atomic mass is 10.2. The normalized spacial score (nSPS) is 7.00. The van der Waals surface area contributed by atoms with Gasteiger partial charge in [-0.1, -0.05) is 46.3 Å². The van der Waals surface area contributed by atoms with E-state index in [4.69, 9.17) is 5.11 Å². The first kappa shape index (κ1) is 23.9. The van der Waals surface area contributed by atoms with Crippen molar-refractivity contribution in [1.29, 1.82) is 0 Å². The first-order chi connectivity index (χ1) is 6.95. The van der Waals surface area contributed by atoms with Gasteiger partial charge in [-0.05, 0) is 26.2 Å². The van der Waals surface area contributed by atoms with Gasteiger partial charge in [0.1, 0.15) is 0 Å². The molecule has 0 aromatic rings. The Balaban J connectivity index is -0.0000000574. The van der Waals surface area contributed by atoms with E-state index in [-0.39, 0.29) is 0 Å². The van der Waals surface area contributed by atoms with Crippen LogP contribution in [0.25, 0.3) is 0 Å². The average molecular weight is 216 g/mol. The Morgan fingerprint density at radius 1 is 1.33 bits per heavy atom. The van der Waals surface area contributed by atoms with Crippen molar-refractivity contribution >= 4 is 0 Å². The van der Waals surface area contributed by atoms with Crippen molar-refractivity contribution in [1.82, 2.24) is 0 Å². The molecule has 0 aliphatic carbocycles. The molecular formula is C14H32O. The molecule has 0 atom stereocenters. The van der Waals surface area contributed by atoms with Crippen LogP contribution in [0.4, 0.5) is 0 Å². The van der Waals surface area contributed by atoms with Crippen molar-refractivity contribution in [2.75, 3.05) is 6.61 Å². The van der Waals surface area contributed by atoms with E-state index in [0.717, 1.165) is 6.42 Å². The second-order valence-corrected chi connectivity index (χ2v) is 3.30. The second-order valence-electron chi connectivity index (χ2n) is 3.30. The third-order valence-corrected chi connectivity index (χ3v) is 0.969. The molecule has 0 aliphatic rings. The number of aliphatic hydroxyl groups is 1. The molecule has 0 unspecified atom stereocenters. The molecule has 0 bridgehead atoms. The Kier molecular flexibility index (Phi) is 46.6. The smallest absolute Gasteiger partial charge is 0.0453 e. The molecule has 1 heteroatoms. The monoisotopic (exact) mass is 216 g/mol. The molecule has 0 spiro atoms. The number of hydrogen-bond acceptors (Lipinski definition) is 1. The molecule has 1 nitrogen and oxygen atoms in total. The summed E-state index contributed by atoms with van der Waals surface area (Å²) < 4.78 is 0. The number of hydrogen-bond donors (Lipinski definition) is 1. The molecule has 94 valence electrons. The van der Waals surface area contributed by atoms with Gasteiger partial charge in [-0.2, -0.15) is 0 Å². The van der Waals surface area contributed by atoms with Gasteiger partial charge in [0.2, 0.25) is 0 Å². The molecule has 0 aromatic heterocycles. The molecule has 0 amide bonds.